The lowest BCUT2D eigenvalue weighted by Gasteiger charge is -2.30. The van der Waals surface area contributed by atoms with Crippen molar-refractivity contribution in [2.75, 3.05) is 47.9 Å². The van der Waals surface area contributed by atoms with Crippen molar-refractivity contribution in [2.45, 2.75) is 64.5 Å². The van der Waals surface area contributed by atoms with Gasteiger partial charge < -0.3 is 25.6 Å². The van der Waals surface area contributed by atoms with Gasteiger partial charge in [-0.1, -0.05) is 12.0 Å². The molecule has 0 bridgehead atoms. The van der Waals surface area contributed by atoms with Crippen molar-refractivity contribution in [3.8, 4) is 17.6 Å². The van der Waals surface area contributed by atoms with E-state index in [0.717, 1.165) is 60.6 Å². The Morgan fingerprint density at radius 1 is 1.15 bits per heavy atom. The van der Waals surface area contributed by atoms with E-state index in [1.807, 2.05) is 11.8 Å². The Bertz CT molecular complexity index is 1410. The Labute approximate surface area is 236 Å². The molecule has 11 heteroatoms. The second kappa shape index (κ2) is 12.0. The quantitative estimate of drug-likeness (QED) is 0.357. The number of nitrogens with zero attached hydrogens (tertiary/aromatic N) is 3. The minimum absolute atomic E-state index is 0.125. The second-order valence-corrected chi connectivity index (χ2v) is 13.1. The molecule has 2 fully saturated rings. The molecule has 0 radical (unpaired) electrons. The summed E-state index contributed by atoms with van der Waals surface area (Å²) >= 11 is 0. The van der Waals surface area contributed by atoms with E-state index in [9.17, 15) is 13.2 Å². The lowest BCUT2D eigenvalue weighted by atomic mass is 9.81. The largest absolute Gasteiger partial charge is 0.483 e. The fourth-order valence-corrected chi connectivity index (χ4v) is 7.13. The van der Waals surface area contributed by atoms with Crippen LogP contribution in [-0.2, 0) is 14.6 Å². The van der Waals surface area contributed by atoms with Gasteiger partial charge in [0.05, 0.1) is 22.8 Å². The van der Waals surface area contributed by atoms with Gasteiger partial charge >= 0.3 is 0 Å². The Balaban J connectivity index is 1.27. The third-order valence-electron chi connectivity index (χ3n) is 8.04. The van der Waals surface area contributed by atoms with E-state index in [1.165, 1.54) is 11.9 Å². The minimum Gasteiger partial charge on any atom is -0.483 e. The molecule has 1 amide bonds. The van der Waals surface area contributed by atoms with Gasteiger partial charge in [0.1, 0.15) is 29.8 Å². The molecular formula is C29H38N6O4S. The smallest absolute Gasteiger partial charge is 0.295 e. The number of aryl methyl sites for hydroxylation is 1. The number of rotatable bonds is 6. The number of nitrogens with one attached hydrogen (secondary N) is 3. The number of carbonyl (C=O) groups is 1. The number of hydrogen-bond acceptors (Lipinski definition) is 9. The molecule has 3 heterocycles. The van der Waals surface area contributed by atoms with E-state index < -0.39 is 9.84 Å². The molecule has 2 aliphatic heterocycles. The molecule has 5 rings (SSSR count). The maximum absolute atomic E-state index is 12.0. The molecule has 1 atom stereocenters. The predicted molar refractivity (Wildman–Crippen MR) is 156 cm³/mol. The average molecular weight is 567 g/mol. The van der Waals surface area contributed by atoms with Crippen LogP contribution in [0, 0.1) is 18.8 Å². The summed E-state index contributed by atoms with van der Waals surface area (Å²) < 4.78 is 30.5. The lowest BCUT2D eigenvalue weighted by Crippen LogP contribution is -2.41. The molecule has 0 unspecified atom stereocenters. The fourth-order valence-electron chi connectivity index (χ4n) is 5.93. The fraction of sp³-hybridized carbons (Fsp3) is 0.552. The molecule has 1 saturated heterocycles. The summed E-state index contributed by atoms with van der Waals surface area (Å²) in [6.07, 6.45) is 5.56. The van der Waals surface area contributed by atoms with Crippen LogP contribution in [-0.4, -0.2) is 68.0 Å². The zero-order valence-corrected chi connectivity index (χ0v) is 24.2. The summed E-state index contributed by atoms with van der Waals surface area (Å²) in [4.78, 5) is 22.6. The van der Waals surface area contributed by atoms with Gasteiger partial charge in [-0.3, -0.25) is 4.79 Å². The highest BCUT2D eigenvalue weighted by molar-refractivity contribution is 7.91. The molecule has 3 aliphatic rings. The summed E-state index contributed by atoms with van der Waals surface area (Å²) in [7, 11) is -3.00. The van der Waals surface area contributed by atoms with Crippen molar-refractivity contribution >= 4 is 33.1 Å². The summed E-state index contributed by atoms with van der Waals surface area (Å²) in [5.74, 6) is 7.82. The first-order chi connectivity index (χ1) is 19.2. The van der Waals surface area contributed by atoms with Crippen molar-refractivity contribution in [1.29, 1.82) is 0 Å². The van der Waals surface area contributed by atoms with Crippen molar-refractivity contribution in [3.05, 3.63) is 35.2 Å². The first-order valence-electron chi connectivity index (χ1n) is 14.1. The number of benzene rings is 1. The summed E-state index contributed by atoms with van der Waals surface area (Å²) in [6, 6.07) is 4.89. The van der Waals surface area contributed by atoms with E-state index in [0.29, 0.717) is 37.4 Å². The number of ether oxygens (including phenoxy) is 1. The molecule has 1 aromatic carbocycles. The third kappa shape index (κ3) is 6.34. The Kier molecular flexibility index (Phi) is 8.47. The van der Waals surface area contributed by atoms with Crippen molar-refractivity contribution in [2.24, 2.45) is 0 Å². The zero-order chi connectivity index (χ0) is 28.3. The van der Waals surface area contributed by atoms with Gasteiger partial charge in [-0.05, 0) is 75.5 Å². The number of carbonyl (C=O) groups excluding carboxylic acids is 1. The van der Waals surface area contributed by atoms with Gasteiger partial charge in [0.25, 0.3) is 5.91 Å². The molecule has 214 valence electrons. The highest BCUT2D eigenvalue weighted by Gasteiger charge is 2.32. The number of aromatic nitrogens is 2. The lowest BCUT2D eigenvalue weighted by molar-refractivity contribution is -0.115. The number of hydrogen-bond donors (Lipinski definition) is 3. The maximum Gasteiger partial charge on any atom is 0.295 e. The van der Waals surface area contributed by atoms with Crippen LogP contribution in [0.1, 0.15) is 68.2 Å². The summed E-state index contributed by atoms with van der Waals surface area (Å²) in [5.41, 5.74) is 4.12. The summed E-state index contributed by atoms with van der Waals surface area (Å²) in [5, 5.41) is 9.90. The van der Waals surface area contributed by atoms with Crippen LogP contribution in [0.4, 0.5) is 17.3 Å². The number of sulfone groups is 1. The standard InChI is InChI=1S/C29H38N6O4S/c1-4-5-25(36)31-11-10-30-23-8-6-21(7-9-23)22-16-19(2)27-24(17-22)34-28-26(20(3)39-27)29(33-18-32-28)35-12-14-40(37,38)15-13-35/h16-18,20-21,23,30H,6-15H2,1-3H3,(H,31,36)(H,32,33,34)/t20-,21?,23?/m1/s1. The Hall–Kier alpha value is -3.36. The molecular weight excluding hydrogens is 528 g/mol. The molecule has 1 aliphatic carbocycles. The van der Waals surface area contributed by atoms with Crippen LogP contribution in [0.25, 0.3) is 0 Å². The van der Waals surface area contributed by atoms with Crippen LogP contribution in [0.2, 0.25) is 0 Å². The van der Waals surface area contributed by atoms with E-state index in [2.05, 4.69) is 56.8 Å². The second-order valence-electron chi connectivity index (χ2n) is 10.8. The molecule has 10 nitrogen and oxygen atoms in total. The highest BCUT2D eigenvalue weighted by Crippen LogP contribution is 2.45. The SMILES string of the molecule is CC#CC(=O)NCCNC1CCC(c2cc(C)c3c(c2)Nc2ncnc(N4CCS(=O)(=O)CC4)c2[C@@H](C)O3)CC1. The van der Waals surface area contributed by atoms with Crippen LogP contribution >= 0.6 is 0 Å². The van der Waals surface area contributed by atoms with Crippen molar-refractivity contribution in [1.82, 2.24) is 20.6 Å². The van der Waals surface area contributed by atoms with E-state index in [-0.39, 0.29) is 23.5 Å². The van der Waals surface area contributed by atoms with Gasteiger partial charge in [0, 0.05) is 32.2 Å². The molecule has 2 aromatic rings. The van der Waals surface area contributed by atoms with Gasteiger partial charge in [-0.15, -0.1) is 0 Å². The topological polar surface area (TPSA) is 126 Å². The third-order valence-corrected chi connectivity index (χ3v) is 9.65. The normalized spacial score (nSPS) is 23.3. The molecule has 1 saturated carbocycles. The average Bonchev–Trinajstić information content (AvgIpc) is 3.08. The first kappa shape index (κ1) is 28.2. The van der Waals surface area contributed by atoms with Gasteiger partial charge in [0.15, 0.2) is 9.84 Å². The number of amides is 1. The van der Waals surface area contributed by atoms with Crippen LogP contribution in [0.5, 0.6) is 5.75 Å². The van der Waals surface area contributed by atoms with Crippen LogP contribution < -0.4 is 25.6 Å². The molecule has 0 spiro atoms. The monoisotopic (exact) mass is 566 g/mol. The highest BCUT2D eigenvalue weighted by atomic mass is 32.2. The minimum atomic E-state index is -3.00. The van der Waals surface area contributed by atoms with Gasteiger partial charge in [-0.2, -0.15) is 0 Å². The van der Waals surface area contributed by atoms with Crippen molar-refractivity contribution < 1.29 is 17.9 Å². The van der Waals surface area contributed by atoms with Crippen LogP contribution in [0.3, 0.4) is 0 Å². The Morgan fingerprint density at radius 2 is 1.90 bits per heavy atom. The molecule has 1 aromatic heterocycles. The van der Waals surface area contributed by atoms with Gasteiger partial charge in [0.2, 0.25) is 0 Å². The number of anilines is 3. The maximum atomic E-state index is 12.0. The van der Waals surface area contributed by atoms with E-state index in [4.69, 9.17) is 4.74 Å². The van der Waals surface area contributed by atoms with Crippen LogP contribution in [0.15, 0.2) is 18.5 Å². The summed E-state index contributed by atoms with van der Waals surface area (Å²) in [6.45, 7) is 7.86. The Morgan fingerprint density at radius 3 is 2.62 bits per heavy atom. The first-order valence-corrected chi connectivity index (χ1v) is 15.9. The number of fused-ring (bicyclic) bond motifs is 2. The van der Waals surface area contributed by atoms with E-state index in [1.54, 1.807) is 6.92 Å². The van der Waals surface area contributed by atoms with Gasteiger partial charge in [-0.25, -0.2) is 18.4 Å². The van der Waals surface area contributed by atoms with E-state index >= 15 is 0 Å². The zero-order valence-electron chi connectivity index (χ0n) is 23.4. The van der Waals surface area contributed by atoms with Crippen molar-refractivity contribution in [3.63, 3.8) is 0 Å². The predicted octanol–water partition coefficient (Wildman–Crippen LogP) is 2.97. The molecule has 3 N–H and O–H groups in total. The molecule has 40 heavy (non-hydrogen) atoms.